The number of nitrogens with one attached hydrogen (secondary N) is 2. The molecule has 2 fully saturated rings. The molecule has 46 heavy (non-hydrogen) atoms. The lowest BCUT2D eigenvalue weighted by Crippen LogP contribution is -2.46. The smallest absolute Gasteiger partial charge is 0.479 e. The van der Waals surface area contributed by atoms with Crippen LogP contribution in [0.1, 0.15) is 59.5 Å². The lowest BCUT2D eigenvalue weighted by atomic mass is 9.96. The lowest BCUT2D eigenvalue weighted by molar-refractivity contribution is -0.143. The van der Waals surface area contributed by atoms with Crippen LogP contribution in [0.3, 0.4) is 0 Å². The SMILES string of the molecule is COC(=O)C(CC(C)C)NP(=O)(NC(CC(C)C)C(=O)OC)OC[C@H]1O[C@@H](n2cnc3c(OC)nc(C)nc32)C2(C)OC(=O)O[C@@H]12. The van der Waals surface area contributed by atoms with Crippen LogP contribution >= 0.6 is 7.67 Å². The van der Waals surface area contributed by atoms with E-state index in [2.05, 4.69) is 25.1 Å². The predicted octanol–water partition coefficient (Wildman–Crippen LogP) is 2.81. The van der Waals surface area contributed by atoms with E-state index in [1.165, 1.54) is 27.7 Å². The van der Waals surface area contributed by atoms with Gasteiger partial charge in [0.15, 0.2) is 29.1 Å². The van der Waals surface area contributed by atoms with Crippen molar-refractivity contribution in [2.75, 3.05) is 27.9 Å². The Kier molecular flexibility index (Phi) is 10.9. The maximum Gasteiger partial charge on any atom is 0.509 e. The van der Waals surface area contributed by atoms with Crippen LogP contribution in [0.2, 0.25) is 0 Å². The van der Waals surface area contributed by atoms with Gasteiger partial charge in [0.1, 0.15) is 24.0 Å². The number of hydrogen-bond donors (Lipinski definition) is 2. The first-order chi connectivity index (χ1) is 21.6. The Morgan fingerprint density at radius 3 is 2.15 bits per heavy atom. The zero-order valence-corrected chi connectivity index (χ0v) is 28.4. The van der Waals surface area contributed by atoms with E-state index in [0.29, 0.717) is 17.0 Å². The van der Waals surface area contributed by atoms with E-state index in [1.807, 2.05) is 27.7 Å². The molecular weight excluding hydrogens is 627 g/mol. The number of hydrogen-bond acceptors (Lipinski definition) is 14. The van der Waals surface area contributed by atoms with Gasteiger partial charge in [0.2, 0.25) is 5.88 Å². The molecule has 4 rings (SSSR count). The number of ether oxygens (including phenoxy) is 6. The summed E-state index contributed by atoms with van der Waals surface area (Å²) in [6.45, 7) is 10.4. The molecular formula is C28H43N6O11P. The quantitative estimate of drug-likeness (QED) is 0.159. The van der Waals surface area contributed by atoms with E-state index in [-0.39, 0.29) is 30.6 Å². The fraction of sp³-hybridized carbons (Fsp3) is 0.714. The van der Waals surface area contributed by atoms with Crippen LogP contribution in [0.25, 0.3) is 11.2 Å². The van der Waals surface area contributed by atoms with E-state index >= 15 is 0 Å². The summed E-state index contributed by atoms with van der Waals surface area (Å²) in [6, 6.07) is -2.10. The van der Waals surface area contributed by atoms with Crippen molar-refractivity contribution in [2.24, 2.45) is 11.8 Å². The molecule has 2 aromatic heterocycles. The van der Waals surface area contributed by atoms with Crippen LogP contribution in [0.15, 0.2) is 6.33 Å². The third-order valence-corrected chi connectivity index (χ3v) is 9.44. The maximum absolute atomic E-state index is 14.5. The fourth-order valence-corrected chi connectivity index (χ4v) is 7.42. The van der Waals surface area contributed by atoms with Gasteiger partial charge in [-0.3, -0.25) is 18.7 Å². The number of carbonyl (C=O) groups excluding carboxylic acids is 3. The van der Waals surface area contributed by atoms with Gasteiger partial charge in [-0.15, -0.1) is 0 Å². The maximum atomic E-state index is 14.5. The zero-order valence-electron chi connectivity index (χ0n) is 27.5. The Labute approximate surface area is 266 Å². The van der Waals surface area contributed by atoms with Gasteiger partial charge in [-0.05, 0) is 38.5 Å². The van der Waals surface area contributed by atoms with Gasteiger partial charge in [-0.25, -0.2) is 24.9 Å². The van der Waals surface area contributed by atoms with Crippen LogP contribution in [-0.2, 0) is 42.4 Å². The number of methoxy groups -OCH3 is 3. The van der Waals surface area contributed by atoms with Crippen molar-refractivity contribution in [1.29, 1.82) is 0 Å². The topological polar surface area (TPSA) is 201 Å². The number of esters is 2. The minimum absolute atomic E-state index is 0.00266. The second kappa shape index (κ2) is 14.2. The molecule has 0 aromatic carbocycles. The van der Waals surface area contributed by atoms with Crippen molar-refractivity contribution >= 4 is 36.9 Å². The molecule has 2 aromatic rings. The first kappa shape index (κ1) is 35.5. The van der Waals surface area contributed by atoms with Gasteiger partial charge >= 0.3 is 25.8 Å². The molecule has 0 aliphatic carbocycles. The number of rotatable bonds is 15. The van der Waals surface area contributed by atoms with Crippen LogP contribution in [0.4, 0.5) is 4.79 Å². The molecule has 0 saturated carbocycles. The molecule has 3 unspecified atom stereocenters. The van der Waals surface area contributed by atoms with Crippen molar-refractivity contribution in [3.05, 3.63) is 12.2 Å². The Balaban J connectivity index is 1.67. The summed E-state index contributed by atoms with van der Waals surface area (Å²) in [5.74, 6) is -0.667. The molecule has 0 spiro atoms. The molecule has 0 radical (unpaired) electrons. The highest BCUT2D eigenvalue weighted by molar-refractivity contribution is 7.54. The van der Waals surface area contributed by atoms with Gasteiger partial charge in [-0.2, -0.15) is 4.98 Å². The van der Waals surface area contributed by atoms with Crippen molar-refractivity contribution in [1.82, 2.24) is 29.7 Å². The summed E-state index contributed by atoms with van der Waals surface area (Å²) in [5.41, 5.74) is -0.664. The standard InChI is InChI=1S/C28H43N6O11P/c1-14(2)10-17(24(35)40-8)32-46(38,33-18(11-15(3)4)25(36)41-9)42-12-19-21-28(6,45-27(37)44-21)26(43-19)34-13-29-20-22(34)30-16(5)31-23(20)39-7/h13-15,17-19,21,26H,10-12H2,1-9H3,(H2,32,33,38)/t17?,18?,19-,21+,26-,28?,46?/m1/s1. The third kappa shape index (κ3) is 7.44. The number of nitrogens with zero attached hydrogens (tertiary/aromatic N) is 4. The summed E-state index contributed by atoms with van der Waals surface area (Å²) >= 11 is 0. The van der Waals surface area contributed by atoms with Gasteiger partial charge in [0.05, 0.1) is 34.3 Å². The Morgan fingerprint density at radius 1 is 1.04 bits per heavy atom. The second-order valence-electron chi connectivity index (χ2n) is 12.2. The summed E-state index contributed by atoms with van der Waals surface area (Å²) in [7, 11) is -0.363. The second-order valence-corrected chi connectivity index (χ2v) is 14.1. The molecule has 6 atom stereocenters. The van der Waals surface area contributed by atoms with Crippen molar-refractivity contribution in [3.63, 3.8) is 0 Å². The minimum Gasteiger partial charge on any atom is -0.479 e. The van der Waals surface area contributed by atoms with Gasteiger partial charge in [0.25, 0.3) is 0 Å². The minimum atomic E-state index is -4.26. The average molecular weight is 671 g/mol. The number of aromatic nitrogens is 4. The average Bonchev–Trinajstić information content (AvgIpc) is 3.62. The summed E-state index contributed by atoms with van der Waals surface area (Å²) in [6.07, 6.45) is -2.01. The van der Waals surface area contributed by atoms with Crippen molar-refractivity contribution < 1.29 is 51.9 Å². The lowest BCUT2D eigenvalue weighted by Gasteiger charge is -2.30. The highest BCUT2D eigenvalue weighted by Crippen LogP contribution is 2.49. The zero-order chi connectivity index (χ0) is 34.0. The fourth-order valence-electron chi connectivity index (χ4n) is 5.60. The van der Waals surface area contributed by atoms with Crippen molar-refractivity contribution in [2.45, 2.75) is 90.5 Å². The van der Waals surface area contributed by atoms with E-state index in [0.717, 1.165) is 0 Å². The van der Waals surface area contributed by atoms with Gasteiger partial charge in [0, 0.05) is 0 Å². The first-order valence-electron chi connectivity index (χ1n) is 14.9. The molecule has 256 valence electrons. The highest BCUT2D eigenvalue weighted by Gasteiger charge is 2.64. The van der Waals surface area contributed by atoms with E-state index in [4.69, 9.17) is 32.9 Å². The van der Waals surface area contributed by atoms with E-state index < -0.39 is 68.5 Å². The van der Waals surface area contributed by atoms with Crippen molar-refractivity contribution in [3.8, 4) is 5.88 Å². The van der Waals surface area contributed by atoms with Crippen LogP contribution in [-0.4, -0.2) is 95.4 Å². The summed E-state index contributed by atoms with van der Waals surface area (Å²) in [4.78, 5) is 51.0. The Hall–Kier alpha value is -3.37. The highest BCUT2D eigenvalue weighted by atomic mass is 31.2. The molecule has 2 saturated heterocycles. The van der Waals surface area contributed by atoms with Crippen LogP contribution in [0.5, 0.6) is 5.88 Å². The van der Waals surface area contributed by atoms with Crippen LogP contribution < -0.4 is 14.9 Å². The number of aryl methyl sites for hydroxylation is 1. The molecule has 4 heterocycles. The Morgan fingerprint density at radius 2 is 1.63 bits per heavy atom. The molecule has 2 aliphatic rings. The number of fused-ring (bicyclic) bond motifs is 2. The molecule has 18 heteroatoms. The predicted molar refractivity (Wildman–Crippen MR) is 161 cm³/mol. The Bertz CT molecular complexity index is 1450. The number of carbonyl (C=O) groups is 3. The van der Waals surface area contributed by atoms with E-state index in [1.54, 1.807) is 18.4 Å². The first-order valence-corrected chi connectivity index (χ1v) is 16.5. The summed E-state index contributed by atoms with van der Waals surface area (Å²) in [5, 5.41) is 5.56. The van der Waals surface area contributed by atoms with Gasteiger partial charge < -0.3 is 32.9 Å². The largest absolute Gasteiger partial charge is 0.509 e. The third-order valence-electron chi connectivity index (χ3n) is 7.63. The summed E-state index contributed by atoms with van der Waals surface area (Å²) < 4.78 is 54.9. The monoisotopic (exact) mass is 670 g/mol. The molecule has 2 aliphatic heterocycles. The number of imidazole rings is 1. The molecule has 2 N–H and O–H groups in total. The normalized spacial score (nSPS) is 25.1. The molecule has 0 amide bonds. The molecule has 17 nitrogen and oxygen atoms in total. The van der Waals surface area contributed by atoms with Crippen LogP contribution in [0, 0.1) is 18.8 Å². The van der Waals surface area contributed by atoms with E-state index in [9.17, 15) is 18.9 Å². The van der Waals surface area contributed by atoms with Gasteiger partial charge in [-0.1, -0.05) is 27.7 Å². The molecule has 0 bridgehead atoms.